The minimum atomic E-state index is 0.0834. The summed E-state index contributed by atoms with van der Waals surface area (Å²) < 4.78 is 0. The van der Waals surface area contributed by atoms with E-state index in [1.807, 2.05) is 4.90 Å². The highest BCUT2D eigenvalue weighted by Crippen LogP contribution is 2.18. The van der Waals surface area contributed by atoms with Gasteiger partial charge in [-0.3, -0.25) is 14.5 Å². The molecule has 2 fully saturated rings. The summed E-state index contributed by atoms with van der Waals surface area (Å²) in [6, 6.07) is 0.421. The van der Waals surface area contributed by atoms with Crippen molar-refractivity contribution in [3.63, 3.8) is 0 Å². The van der Waals surface area contributed by atoms with Crippen LogP contribution in [-0.4, -0.2) is 48.9 Å². The summed E-state index contributed by atoms with van der Waals surface area (Å²) >= 11 is 0. The Morgan fingerprint density at radius 2 is 2.27 bits per heavy atom. The molecule has 0 spiro atoms. The summed E-state index contributed by atoms with van der Waals surface area (Å²) in [5, 5.41) is 5.74. The van der Waals surface area contributed by atoms with Crippen molar-refractivity contribution in [3.05, 3.63) is 0 Å². The van der Waals surface area contributed by atoms with Crippen LogP contribution in [0, 0.1) is 0 Å². The molecule has 1 aliphatic carbocycles. The van der Waals surface area contributed by atoms with Crippen LogP contribution in [0.1, 0.15) is 19.3 Å². The molecule has 15 heavy (non-hydrogen) atoms. The van der Waals surface area contributed by atoms with E-state index in [-0.39, 0.29) is 11.8 Å². The summed E-state index contributed by atoms with van der Waals surface area (Å²) in [6.07, 6.45) is 2.73. The average molecular weight is 211 g/mol. The number of hydrogen-bond donors (Lipinski definition) is 2. The Bertz CT molecular complexity index is 263. The van der Waals surface area contributed by atoms with Crippen LogP contribution in [0.5, 0.6) is 0 Å². The van der Waals surface area contributed by atoms with E-state index in [2.05, 4.69) is 10.6 Å². The molecular weight excluding hydrogens is 194 g/mol. The molecule has 0 atom stereocenters. The molecule has 2 amide bonds. The smallest absolute Gasteiger partial charge is 0.234 e. The van der Waals surface area contributed by atoms with Crippen molar-refractivity contribution in [2.24, 2.45) is 0 Å². The van der Waals surface area contributed by atoms with Gasteiger partial charge in [-0.2, -0.15) is 0 Å². The summed E-state index contributed by atoms with van der Waals surface area (Å²) in [4.78, 5) is 24.6. The number of rotatable bonds is 3. The van der Waals surface area contributed by atoms with E-state index in [9.17, 15) is 9.59 Å². The molecule has 0 unspecified atom stereocenters. The second-order valence-electron chi connectivity index (χ2n) is 4.22. The fraction of sp³-hybridized carbons (Fsp3) is 0.800. The molecule has 0 aromatic heterocycles. The standard InChI is InChI=1S/C10H17N3O2/c14-9-3-5-13(6-4-11-9)7-10(15)12-8-1-2-8/h8H,1-7H2,(H,11,14)(H,12,15). The van der Waals surface area contributed by atoms with E-state index >= 15 is 0 Å². The maximum Gasteiger partial charge on any atom is 0.234 e. The Balaban J connectivity index is 1.72. The van der Waals surface area contributed by atoms with Crippen LogP contribution in [-0.2, 0) is 9.59 Å². The molecule has 1 saturated heterocycles. The van der Waals surface area contributed by atoms with Gasteiger partial charge in [-0.05, 0) is 12.8 Å². The zero-order valence-corrected chi connectivity index (χ0v) is 8.79. The van der Waals surface area contributed by atoms with Crippen molar-refractivity contribution < 1.29 is 9.59 Å². The molecule has 2 aliphatic rings. The first kappa shape index (κ1) is 10.4. The van der Waals surface area contributed by atoms with E-state index in [1.165, 1.54) is 0 Å². The first-order valence-corrected chi connectivity index (χ1v) is 5.52. The van der Waals surface area contributed by atoms with Crippen LogP contribution in [0.2, 0.25) is 0 Å². The van der Waals surface area contributed by atoms with Crippen molar-refractivity contribution in [3.8, 4) is 0 Å². The normalized spacial score (nSPS) is 23.1. The van der Waals surface area contributed by atoms with E-state index < -0.39 is 0 Å². The molecule has 84 valence electrons. The Hall–Kier alpha value is -1.10. The third kappa shape index (κ3) is 3.51. The largest absolute Gasteiger partial charge is 0.355 e. The molecule has 1 saturated carbocycles. The zero-order chi connectivity index (χ0) is 10.7. The molecule has 2 N–H and O–H groups in total. The summed E-state index contributed by atoms with van der Waals surface area (Å²) in [5.41, 5.74) is 0. The van der Waals surface area contributed by atoms with Gasteiger partial charge in [0.25, 0.3) is 0 Å². The van der Waals surface area contributed by atoms with E-state index in [1.54, 1.807) is 0 Å². The minimum absolute atomic E-state index is 0.0834. The van der Waals surface area contributed by atoms with Crippen molar-refractivity contribution in [2.75, 3.05) is 26.2 Å². The SMILES string of the molecule is O=C1CCN(CC(=O)NC2CC2)CCN1. The minimum Gasteiger partial charge on any atom is -0.355 e. The molecule has 0 bridgehead atoms. The van der Waals surface area contributed by atoms with Crippen LogP contribution >= 0.6 is 0 Å². The molecule has 5 heteroatoms. The molecule has 0 radical (unpaired) electrons. The van der Waals surface area contributed by atoms with Gasteiger partial charge in [-0.25, -0.2) is 0 Å². The number of carbonyl (C=O) groups is 2. The quantitative estimate of drug-likeness (QED) is 0.635. The fourth-order valence-corrected chi connectivity index (χ4v) is 1.68. The predicted molar refractivity (Wildman–Crippen MR) is 55.2 cm³/mol. The molecule has 1 heterocycles. The van der Waals surface area contributed by atoms with Crippen molar-refractivity contribution in [1.29, 1.82) is 0 Å². The lowest BCUT2D eigenvalue weighted by Gasteiger charge is -2.17. The average Bonchev–Trinajstić information content (AvgIpc) is 2.97. The molecule has 0 aromatic rings. The first-order chi connectivity index (χ1) is 7.24. The maximum atomic E-state index is 11.5. The summed E-state index contributed by atoms with van der Waals surface area (Å²) in [7, 11) is 0. The summed E-state index contributed by atoms with van der Waals surface area (Å²) in [6.45, 7) is 2.52. The highest BCUT2D eigenvalue weighted by Gasteiger charge is 2.24. The van der Waals surface area contributed by atoms with Gasteiger partial charge in [-0.15, -0.1) is 0 Å². The molecular formula is C10H17N3O2. The third-order valence-corrected chi connectivity index (χ3v) is 2.71. The topological polar surface area (TPSA) is 61.4 Å². The van der Waals surface area contributed by atoms with Gasteiger partial charge in [0.15, 0.2) is 0 Å². The molecule has 5 nitrogen and oxygen atoms in total. The first-order valence-electron chi connectivity index (χ1n) is 5.52. The maximum absolute atomic E-state index is 11.5. The van der Waals surface area contributed by atoms with E-state index in [0.29, 0.717) is 32.1 Å². The second-order valence-corrected chi connectivity index (χ2v) is 4.22. The Morgan fingerprint density at radius 3 is 3.00 bits per heavy atom. The van der Waals surface area contributed by atoms with Crippen LogP contribution in [0.15, 0.2) is 0 Å². The lowest BCUT2D eigenvalue weighted by atomic mass is 10.3. The van der Waals surface area contributed by atoms with Crippen LogP contribution in [0.3, 0.4) is 0 Å². The zero-order valence-electron chi connectivity index (χ0n) is 8.79. The van der Waals surface area contributed by atoms with Gasteiger partial charge >= 0.3 is 0 Å². The van der Waals surface area contributed by atoms with E-state index in [4.69, 9.17) is 0 Å². The Labute approximate surface area is 89.2 Å². The van der Waals surface area contributed by atoms with Gasteiger partial charge in [0.05, 0.1) is 6.54 Å². The number of carbonyl (C=O) groups excluding carboxylic acids is 2. The fourth-order valence-electron chi connectivity index (χ4n) is 1.68. The van der Waals surface area contributed by atoms with Gasteiger partial charge in [0.2, 0.25) is 11.8 Å². The van der Waals surface area contributed by atoms with Crippen molar-refractivity contribution >= 4 is 11.8 Å². The third-order valence-electron chi connectivity index (χ3n) is 2.71. The molecule has 0 aromatic carbocycles. The van der Waals surface area contributed by atoms with Gasteiger partial charge < -0.3 is 10.6 Å². The number of nitrogens with zero attached hydrogens (tertiary/aromatic N) is 1. The highest BCUT2D eigenvalue weighted by molar-refractivity contribution is 5.79. The summed E-state index contributed by atoms with van der Waals surface area (Å²) in [5.74, 6) is 0.173. The lowest BCUT2D eigenvalue weighted by molar-refractivity contribution is -0.123. The molecule has 1 aliphatic heterocycles. The second kappa shape index (κ2) is 4.61. The Morgan fingerprint density at radius 1 is 1.47 bits per heavy atom. The van der Waals surface area contributed by atoms with Crippen molar-refractivity contribution in [2.45, 2.75) is 25.3 Å². The monoisotopic (exact) mass is 211 g/mol. The van der Waals surface area contributed by atoms with Gasteiger partial charge in [0.1, 0.15) is 0 Å². The van der Waals surface area contributed by atoms with Crippen LogP contribution in [0.25, 0.3) is 0 Å². The predicted octanol–water partition coefficient (Wildman–Crippen LogP) is -0.913. The van der Waals surface area contributed by atoms with Gasteiger partial charge in [0, 0.05) is 32.1 Å². The number of hydrogen-bond acceptors (Lipinski definition) is 3. The van der Waals surface area contributed by atoms with Crippen LogP contribution in [0.4, 0.5) is 0 Å². The van der Waals surface area contributed by atoms with Gasteiger partial charge in [-0.1, -0.05) is 0 Å². The van der Waals surface area contributed by atoms with Crippen LogP contribution < -0.4 is 10.6 Å². The number of amides is 2. The lowest BCUT2D eigenvalue weighted by Crippen LogP contribution is -2.39. The Kier molecular flexibility index (Phi) is 3.20. The molecule has 2 rings (SSSR count). The van der Waals surface area contributed by atoms with Crippen molar-refractivity contribution in [1.82, 2.24) is 15.5 Å². The highest BCUT2D eigenvalue weighted by atomic mass is 16.2. The number of nitrogens with one attached hydrogen (secondary N) is 2. The van der Waals surface area contributed by atoms with E-state index in [0.717, 1.165) is 19.4 Å².